The van der Waals surface area contributed by atoms with Gasteiger partial charge in [0.05, 0.1) is 8.07 Å². The van der Waals surface area contributed by atoms with Crippen molar-refractivity contribution < 1.29 is 4.39 Å². The first-order valence-corrected chi connectivity index (χ1v) is 8.32. The molecule has 0 N–H and O–H groups in total. The first kappa shape index (κ1) is 14.6. The lowest BCUT2D eigenvalue weighted by Gasteiger charge is -2.13. The van der Waals surface area contributed by atoms with Crippen molar-refractivity contribution in [2.75, 3.05) is 0 Å². The Morgan fingerprint density at radius 2 is 1.18 bits per heavy atom. The first-order valence-electron chi connectivity index (χ1n) is 7.03. The second kappa shape index (κ2) is 7.11. The summed E-state index contributed by atoms with van der Waals surface area (Å²) in [6.07, 6.45) is 1.82. The molecule has 0 saturated carbocycles. The monoisotopic (exact) mass is 307 g/mol. The zero-order chi connectivity index (χ0) is 15.2. The van der Waals surface area contributed by atoms with Gasteiger partial charge in [0, 0.05) is 16.8 Å². The molecule has 0 amide bonds. The number of hydrogen-bond acceptors (Lipinski definition) is 1. The average molecular weight is 307 g/mol. The highest BCUT2D eigenvalue weighted by atomic mass is 31.1. The van der Waals surface area contributed by atoms with Gasteiger partial charge in [0.1, 0.15) is 5.82 Å². The van der Waals surface area contributed by atoms with Crippen LogP contribution in [0.3, 0.4) is 0 Å². The molecule has 0 saturated heterocycles. The fourth-order valence-electron chi connectivity index (χ4n) is 2.09. The van der Waals surface area contributed by atoms with Crippen LogP contribution in [0.15, 0.2) is 89.7 Å². The lowest BCUT2D eigenvalue weighted by molar-refractivity contribution is 0.628. The maximum absolute atomic E-state index is 13.0. The number of hydrogen-bond donors (Lipinski definition) is 0. The quantitative estimate of drug-likeness (QED) is 0.503. The lowest BCUT2D eigenvalue weighted by Crippen LogP contribution is -2.09. The first-order chi connectivity index (χ1) is 10.8. The minimum atomic E-state index is -0.807. The van der Waals surface area contributed by atoms with Gasteiger partial charge in [-0.1, -0.05) is 72.8 Å². The molecule has 0 spiro atoms. The van der Waals surface area contributed by atoms with Crippen LogP contribution < -0.4 is 10.6 Å². The molecule has 0 heterocycles. The Bertz CT molecular complexity index is 700. The molecule has 0 aromatic heterocycles. The van der Waals surface area contributed by atoms with Crippen molar-refractivity contribution in [2.45, 2.75) is 0 Å². The smallest absolute Gasteiger partial charge is 0.123 e. The Labute approximate surface area is 131 Å². The highest BCUT2D eigenvalue weighted by Crippen LogP contribution is 2.34. The molecular weight excluding hydrogens is 292 g/mol. The van der Waals surface area contributed by atoms with E-state index in [4.69, 9.17) is 4.76 Å². The molecule has 3 aromatic carbocycles. The van der Waals surface area contributed by atoms with Gasteiger partial charge in [-0.25, -0.2) is 4.39 Å². The van der Waals surface area contributed by atoms with Crippen LogP contribution in [0.5, 0.6) is 0 Å². The summed E-state index contributed by atoms with van der Waals surface area (Å²) in [7, 11) is -0.807. The van der Waals surface area contributed by atoms with Gasteiger partial charge in [-0.15, -0.1) is 0 Å². The molecule has 0 atom stereocenters. The van der Waals surface area contributed by atoms with E-state index in [0.717, 1.165) is 5.56 Å². The maximum Gasteiger partial charge on any atom is 0.123 e. The van der Waals surface area contributed by atoms with Crippen molar-refractivity contribution in [2.24, 2.45) is 4.76 Å². The summed E-state index contributed by atoms with van der Waals surface area (Å²) in [5, 5.41) is 2.39. The van der Waals surface area contributed by atoms with Crippen molar-refractivity contribution in [3.05, 3.63) is 96.3 Å². The summed E-state index contributed by atoms with van der Waals surface area (Å²) in [5.41, 5.74) is 0.903. The standard InChI is InChI=1S/C19H15FNP/c20-17-13-11-16(12-14-17)15-21-22(18-7-3-1-4-8-18)19-9-5-2-6-10-19/h1-15H/b21-15+. The van der Waals surface area contributed by atoms with E-state index >= 15 is 0 Å². The van der Waals surface area contributed by atoms with Crippen molar-refractivity contribution in [3.63, 3.8) is 0 Å². The summed E-state index contributed by atoms with van der Waals surface area (Å²) in [6.45, 7) is 0. The number of halogens is 1. The van der Waals surface area contributed by atoms with E-state index in [0.29, 0.717) is 0 Å². The van der Waals surface area contributed by atoms with Gasteiger partial charge in [0.2, 0.25) is 0 Å². The van der Waals surface area contributed by atoms with Crippen LogP contribution in [0.25, 0.3) is 0 Å². The van der Waals surface area contributed by atoms with Gasteiger partial charge in [0.15, 0.2) is 0 Å². The van der Waals surface area contributed by atoms with Gasteiger partial charge in [-0.3, -0.25) is 4.76 Å². The predicted octanol–water partition coefficient (Wildman–Crippen LogP) is 4.29. The zero-order valence-electron chi connectivity index (χ0n) is 11.9. The van der Waals surface area contributed by atoms with Crippen LogP contribution in [-0.4, -0.2) is 6.21 Å². The van der Waals surface area contributed by atoms with E-state index < -0.39 is 8.07 Å². The summed E-state index contributed by atoms with van der Waals surface area (Å²) >= 11 is 0. The van der Waals surface area contributed by atoms with E-state index in [2.05, 4.69) is 24.3 Å². The Kier molecular flexibility index (Phi) is 4.72. The summed E-state index contributed by atoms with van der Waals surface area (Å²) in [4.78, 5) is 0. The Morgan fingerprint density at radius 1 is 0.682 bits per heavy atom. The lowest BCUT2D eigenvalue weighted by atomic mass is 10.2. The van der Waals surface area contributed by atoms with E-state index in [9.17, 15) is 4.39 Å². The molecule has 0 radical (unpaired) electrons. The number of rotatable bonds is 4. The molecule has 0 aliphatic rings. The highest BCUT2D eigenvalue weighted by molar-refractivity contribution is 7.71. The average Bonchev–Trinajstić information content (AvgIpc) is 2.59. The van der Waals surface area contributed by atoms with E-state index in [1.807, 2.05) is 42.6 Å². The molecule has 0 unspecified atom stereocenters. The predicted molar refractivity (Wildman–Crippen MR) is 93.1 cm³/mol. The molecule has 1 nitrogen and oxygen atoms in total. The second-order valence-corrected chi connectivity index (χ2v) is 6.67. The molecule has 3 rings (SSSR count). The Morgan fingerprint density at radius 3 is 1.68 bits per heavy atom. The third-order valence-electron chi connectivity index (χ3n) is 3.19. The topological polar surface area (TPSA) is 12.4 Å². The van der Waals surface area contributed by atoms with Gasteiger partial charge >= 0.3 is 0 Å². The molecule has 22 heavy (non-hydrogen) atoms. The Balaban J connectivity index is 1.94. The molecule has 3 aromatic rings. The molecule has 0 fully saturated rings. The van der Waals surface area contributed by atoms with Gasteiger partial charge in [0.25, 0.3) is 0 Å². The summed E-state index contributed by atoms with van der Waals surface area (Å²) in [6, 6.07) is 26.9. The van der Waals surface area contributed by atoms with Gasteiger partial charge < -0.3 is 0 Å². The van der Waals surface area contributed by atoms with Crippen LogP contribution in [0.2, 0.25) is 0 Å². The summed E-state index contributed by atoms with van der Waals surface area (Å²) in [5.74, 6) is -0.231. The largest absolute Gasteiger partial charge is 0.259 e. The molecule has 0 bridgehead atoms. The minimum Gasteiger partial charge on any atom is -0.259 e. The molecule has 108 valence electrons. The number of benzene rings is 3. The van der Waals surface area contributed by atoms with Crippen LogP contribution in [-0.2, 0) is 0 Å². The van der Waals surface area contributed by atoms with Gasteiger partial charge in [-0.2, -0.15) is 0 Å². The third kappa shape index (κ3) is 3.66. The molecule has 0 aliphatic carbocycles. The van der Waals surface area contributed by atoms with Crippen LogP contribution in [0.4, 0.5) is 4.39 Å². The van der Waals surface area contributed by atoms with Crippen molar-refractivity contribution in [1.82, 2.24) is 0 Å². The maximum atomic E-state index is 13.0. The zero-order valence-corrected chi connectivity index (χ0v) is 12.8. The normalized spacial score (nSPS) is 11.2. The second-order valence-electron chi connectivity index (χ2n) is 4.78. The van der Waals surface area contributed by atoms with Crippen LogP contribution in [0, 0.1) is 5.82 Å². The van der Waals surface area contributed by atoms with E-state index in [1.165, 1.54) is 22.7 Å². The fourth-order valence-corrected chi connectivity index (χ4v) is 3.82. The van der Waals surface area contributed by atoms with Crippen molar-refractivity contribution in [3.8, 4) is 0 Å². The highest BCUT2D eigenvalue weighted by Gasteiger charge is 2.11. The van der Waals surface area contributed by atoms with Crippen molar-refractivity contribution >= 4 is 24.9 Å². The molecule has 0 aliphatic heterocycles. The Hall–Kier alpha value is -2.31. The van der Waals surface area contributed by atoms with E-state index in [1.54, 1.807) is 12.1 Å². The fraction of sp³-hybridized carbons (Fsp3) is 0. The van der Waals surface area contributed by atoms with Crippen LogP contribution >= 0.6 is 8.07 Å². The third-order valence-corrected chi connectivity index (χ3v) is 5.11. The van der Waals surface area contributed by atoms with Gasteiger partial charge in [-0.05, 0) is 17.7 Å². The minimum absolute atomic E-state index is 0.231. The number of nitrogens with zero attached hydrogens (tertiary/aromatic N) is 1. The van der Waals surface area contributed by atoms with E-state index in [-0.39, 0.29) is 5.82 Å². The molecule has 3 heteroatoms. The molecular formula is C19H15FNP. The van der Waals surface area contributed by atoms with Crippen LogP contribution in [0.1, 0.15) is 5.56 Å². The summed E-state index contributed by atoms with van der Waals surface area (Å²) < 4.78 is 17.8. The SMILES string of the molecule is Fc1ccc(/C=N/P(c2ccccc2)c2ccccc2)cc1. The van der Waals surface area contributed by atoms with Crippen molar-refractivity contribution in [1.29, 1.82) is 0 Å².